The minimum absolute atomic E-state index is 0.0115. The summed E-state index contributed by atoms with van der Waals surface area (Å²) >= 11 is 0. The van der Waals surface area contributed by atoms with Gasteiger partial charge in [0.15, 0.2) is 0 Å². The van der Waals surface area contributed by atoms with E-state index in [2.05, 4.69) is 10.6 Å². The van der Waals surface area contributed by atoms with Gasteiger partial charge in [-0.25, -0.2) is 0 Å². The highest BCUT2D eigenvalue weighted by molar-refractivity contribution is 6.06. The predicted molar refractivity (Wildman–Crippen MR) is 71.6 cm³/mol. The first-order valence-electron chi connectivity index (χ1n) is 7.23. The maximum atomic E-state index is 12.7. The molecule has 110 valence electrons. The Morgan fingerprint density at radius 3 is 2.55 bits per heavy atom. The smallest absolute Gasteiger partial charge is 0.252 e. The van der Waals surface area contributed by atoms with Gasteiger partial charge in [-0.1, -0.05) is 0 Å². The van der Waals surface area contributed by atoms with Gasteiger partial charge in [-0.05, 0) is 51.6 Å². The molecule has 2 heterocycles. The molecule has 0 radical (unpaired) electrons. The number of nitrogens with zero attached hydrogens (tertiary/aromatic N) is 1. The van der Waals surface area contributed by atoms with E-state index in [-0.39, 0.29) is 35.6 Å². The molecule has 0 aromatic rings. The number of imide groups is 1. The zero-order valence-corrected chi connectivity index (χ0v) is 12.0. The van der Waals surface area contributed by atoms with E-state index in [1.807, 2.05) is 0 Å². The molecule has 0 aromatic heterocycles. The molecule has 6 heteroatoms. The van der Waals surface area contributed by atoms with Crippen molar-refractivity contribution in [1.82, 2.24) is 15.5 Å². The standard InChI is InChI=1S/C14H21N3O3/c1-13(2)12(20)16-10(18)8-17(13)11(19)9-7-14(9)3-5-15-6-4-14/h9,15H,3-8H2,1-2H3,(H,16,18,20). The molecule has 0 aromatic carbocycles. The van der Waals surface area contributed by atoms with Gasteiger partial charge in [0, 0.05) is 5.92 Å². The van der Waals surface area contributed by atoms with E-state index in [9.17, 15) is 14.4 Å². The van der Waals surface area contributed by atoms with Crippen LogP contribution < -0.4 is 10.6 Å². The Morgan fingerprint density at radius 2 is 1.90 bits per heavy atom. The van der Waals surface area contributed by atoms with Crippen LogP contribution in [-0.2, 0) is 14.4 Å². The van der Waals surface area contributed by atoms with Crippen molar-refractivity contribution in [3.05, 3.63) is 0 Å². The number of carbonyl (C=O) groups excluding carboxylic acids is 3. The van der Waals surface area contributed by atoms with Crippen molar-refractivity contribution in [3.8, 4) is 0 Å². The topological polar surface area (TPSA) is 78.5 Å². The van der Waals surface area contributed by atoms with Crippen LogP contribution in [0.25, 0.3) is 0 Å². The Hall–Kier alpha value is -1.43. The Bertz CT molecular complexity index is 480. The lowest BCUT2D eigenvalue weighted by Gasteiger charge is -2.40. The van der Waals surface area contributed by atoms with E-state index >= 15 is 0 Å². The molecule has 6 nitrogen and oxygen atoms in total. The van der Waals surface area contributed by atoms with Gasteiger partial charge in [-0.3, -0.25) is 19.7 Å². The molecule has 2 aliphatic heterocycles. The van der Waals surface area contributed by atoms with Gasteiger partial charge in [0.25, 0.3) is 5.91 Å². The molecule has 2 N–H and O–H groups in total. The van der Waals surface area contributed by atoms with Crippen LogP contribution >= 0.6 is 0 Å². The van der Waals surface area contributed by atoms with Crippen LogP contribution in [0.4, 0.5) is 0 Å². The van der Waals surface area contributed by atoms with E-state index in [0.717, 1.165) is 32.4 Å². The van der Waals surface area contributed by atoms with Gasteiger partial charge in [0.2, 0.25) is 11.8 Å². The largest absolute Gasteiger partial charge is 0.319 e. The quantitative estimate of drug-likeness (QED) is 0.643. The second-order valence-electron chi connectivity index (χ2n) is 6.73. The number of piperidine rings is 1. The van der Waals surface area contributed by atoms with Gasteiger partial charge >= 0.3 is 0 Å². The highest BCUT2D eigenvalue weighted by atomic mass is 16.2. The van der Waals surface area contributed by atoms with Crippen LogP contribution in [0, 0.1) is 11.3 Å². The summed E-state index contributed by atoms with van der Waals surface area (Å²) in [5.74, 6) is -0.813. The van der Waals surface area contributed by atoms with Gasteiger partial charge in [-0.15, -0.1) is 0 Å². The van der Waals surface area contributed by atoms with Crippen LogP contribution in [0.2, 0.25) is 0 Å². The summed E-state index contributed by atoms with van der Waals surface area (Å²) in [6.45, 7) is 5.29. The second kappa shape index (κ2) is 4.28. The van der Waals surface area contributed by atoms with E-state index < -0.39 is 5.54 Å². The number of nitrogens with one attached hydrogen (secondary N) is 2. The van der Waals surface area contributed by atoms with Gasteiger partial charge < -0.3 is 10.2 Å². The van der Waals surface area contributed by atoms with E-state index in [0.29, 0.717) is 0 Å². The van der Waals surface area contributed by atoms with E-state index in [4.69, 9.17) is 0 Å². The molecular formula is C14H21N3O3. The van der Waals surface area contributed by atoms with Gasteiger partial charge in [0.1, 0.15) is 12.1 Å². The summed E-state index contributed by atoms with van der Waals surface area (Å²) < 4.78 is 0. The normalized spacial score (nSPS) is 31.1. The van der Waals surface area contributed by atoms with Crippen LogP contribution in [0.1, 0.15) is 33.1 Å². The molecule has 3 fully saturated rings. The predicted octanol–water partition coefficient (Wildman–Crippen LogP) is -0.360. The second-order valence-corrected chi connectivity index (χ2v) is 6.73. The van der Waals surface area contributed by atoms with Crippen molar-refractivity contribution < 1.29 is 14.4 Å². The van der Waals surface area contributed by atoms with Crippen molar-refractivity contribution in [2.45, 2.75) is 38.6 Å². The zero-order valence-electron chi connectivity index (χ0n) is 12.0. The molecule has 1 spiro atoms. The van der Waals surface area contributed by atoms with Crippen molar-refractivity contribution >= 4 is 17.7 Å². The highest BCUT2D eigenvalue weighted by Gasteiger charge is 2.60. The van der Waals surface area contributed by atoms with E-state index in [1.54, 1.807) is 13.8 Å². The fourth-order valence-electron chi connectivity index (χ4n) is 3.50. The first kappa shape index (κ1) is 13.5. The third-order valence-electron chi connectivity index (χ3n) is 5.14. The summed E-state index contributed by atoms with van der Waals surface area (Å²) in [6.07, 6.45) is 2.92. The number of carbonyl (C=O) groups is 3. The highest BCUT2D eigenvalue weighted by Crippen LogP contribution is 2.59. The number of amides is 3. The molecular weight excluding hydrogens is 258 g/mol. The molecule has 2 saturated heterocycles. The number of rotatable bonds is 1. The van der Waals surface area contributed by atoms with Crippen molar-refractivity contribution in [2.75, 3.05) is 19.6 Å². The molecule has 1 aliphatic carbocycles. The summed E-state index contributed by atoms with van der Waals surface area (Å²) in [5, 5.41) is 5.61. The molecule has 1 atom stereocenters. The molecule has 20 heavy (non-hydrogen) atoms. The lowest BCUT2D eigenvalue weighted by Crippen LogP contribution is -2.66. The lowest BCUT2D eigenvalue weighted by molar-refractivity contribution is -0.156. The minimum Gasteiger partial charge on any atom is -0.319 e. The van der Waals surface area contributed by atoms with E-state index in [1.165, 1.54) is 4.90 Å². The Balaban J connectivity index is 1.77. The number of hydrogen-bond donors (Lipinski definition) is 2. The van der Waals surface area contributed by atoms with Gasteiger partial charge in [-0.2, -0.15) is 0 Å². The first-order valence-corrected chi connectivity index (χ1v) is 7.23. The molecule has 1 unspecified atom stereocenters. The average Bonchev–Trinajstić information content (AvgIpc) is 3.08. The molecule has 3 rings (SSSR count). The fraction of sp³-hybridized carbons (Fsp3) is 0.786. The Kier molecular flexibility index (Phi) is 2.90. The number of hydrogen-bond acceptors (Lipinski definition) is 4. The van der Waals surface area contributed by atoms with Crippen LogP contribution in [0.15, 0.2) is 0 Å². The van der Waals surface area contributed by atoms with Crippen molar-refractivity contribution in [2.24, 2.45) is 11.3 Å². The molecule has 3 aliphatic rings. The van der Waals surface area contributed by atoms with Crippen molar-refractivity contribution in [1.29, 1.82) is 0 Å². The summed E-state index contributed by atoms with van der Waals surface area (Å²) in [6, 6.07) is 0. The van der Waals surface area contributed by atoms with Crippen LogP contribution in [0.5, 0.6) is 0 Å². The zero-order chi connectivity index (χ0) is 14.5. The number of piperazine rings is 1. The van der Waals surface area contributed by atoms with Crippen LogP contribution in [0.3, 0.4) is 0 Å². The first-order chi connectivity index (χ1) is 9.37. The average molecular weight is 279 g/mol. The fourth-order valence-corrected chi connectivity index (χ4v) is 3.50. The molecule has 0 bridgehead atoms. The van der Waals surface area contributed by atoms with Crippen molar-refractivity contribution in [3.63, 3.8) is 0 Å². The third kappa shape index (κ3) is 1.93. The third-order valence-corrected chi connectivity index (χ3v) is 5.14. The molecule has 3 amide bonds. The maximum absolute atomic E-state index is 12.7. The molecule has 1 saturated carbocycles. The summed E-state index contributed by atoms with van der Waals surface area (Å²) in [7, 11) is 0. The minimum atomic E-state index is -0.943. The Morgan fingerprint density at radius 1 is 1.25 bits per heavy atom. The van der Waals surface area contributed by atoms with Gasteiger partial charge in [0.05, 0.1) is 0 Å². The lowest BCUT2D eigenvalue weighted by atomic mass is 9.90. The van der Waals surface area contributed by atoms with Crippen LogP contribution in [-0.4, -0.2) is 47.8 Å². The summed E-state index contributed by atoms with van der Waals surface area (Å²) in [4.78, 5) is 37.6. The summed E-state index contributed by atoms with van der Waals surface area (Å²) in [5.41, 5.74) is -0.822. The Labute approximate surface area is 118 Å². The maximum Gasteiger partial charge on any atom is 0.252 e. The SMILES string of the molecule is CC1(C)C(=O)NC(=O)CN1C(=O)C1CC12CCNCC2. The monoisotopic (exact) mass is 279 g/mol.